The molecule has 7 heteroatoms. The fourth-order valence-electron chi connectivity index (χ4n) is 3.01. The molecule has 1 aliphatic heterocycles. The molecule has 1 N–H and O–H groups in total. The highest BCUT2D eigenvalue weighted by molar-refractivity contribution is 7.88. The molecule has 1 aliphatic rings. The predicted octanol–water partition coefficient (Wildman–Crippen LogP) is 2.04. The van der Waals surface area contributed by atoms with Crippen LogP contribution in [-0.2, 0) is 15.8 Å². The lowest BCUT2D eigenvalue weighted by molar-refractivity contribution is 0.0696. The van der Waals surface area contributed by atoms with Crippen molar-refractivity contribution in [2.45, 2.75) is 5.75 Å². The summed E-state index contributed by atoms with van der Waals surface area (Å²) in [7, 11) is -3.55. The van der Waals surface area contributed by atoms with Crippen LogP contribution < -0.4 is 4.90 Å². The third-order valence-electron chi connectivity index (χ3n) is 4.34. The summed E-state index contributed by atoms with van der Waals surface area (Å²) in [6.45, 7) is 2.02. The molecule has 1 heterocycles. The van der Waals surface area contributed by atoms with E-state index in [-0.39, 0.29) is 11.3 Å². The molecule has 25 heavy (non-hydrogen) atoms. The molecule has 1 fully saturated rings. The molecule has 0 spiro atoms. The number of hydrogen-bond donors (Lipinski definition) is 1. The van der Waals surface area contributed by atoms with Crippen molar-refractivity contribution in [2.24, 2.45) is 0 Å². The van der Waals surface area contributed by atoms with E-state index in [2.05, 4.69) is 4.90 Å². The number of para-hydroxylation sites is 1. The van der Waals surface area contributed by atoms with Crippen molar-refractivity contribution in [3.8, 4) is 0 Å². The van der Waals surface area contributed by atoms with Crippen LogP contribution >= 0.6 is 0 Å². The number of hydrogen-bond acceptors (Lipinski definition) is 4. The molecule has 0 unspecified atom stereocenters. The van der Waals surface area contributed by atoms with Crippen LogP contribution in [0.3, 0.4) is 0 Å². The van der Waals surface area contributed by atoms with Crippen LogP contribution in [0, 0.1) is 0 Å². The van der Waals surface area contributed by atoms with Crippen molar-refractivity contribution in [1.82, 2.24) is 4.31 Å². The number of anilines is 1. The van der Waals surface area contributed by atoms with Gasteiger partial charge in [0.25, 0.3) is 0 Å². The van der Waals surface area contributed by atoms with Gasteiger partial charge in [0.05, 0.1) is 11.3 Å². The second kappa shape index (κ2) is 7.25. The minimum Gasteiger partial charge on any atom is -0.478 e. The first-order valence-electron chi connectivity index (χ1n) is 8.06. The number of aromatic carboxylic acids is 1. The van der Waals surface area contributed by atoms with Crippen LogP contribution in [0.25, 0.3) is 0 Å². The van der Waals surface area contributed by atoms with Crippen LogP contribution in [0.5, 0.6) is 0 Å². The summed E-state index contributed by atoms with van der Waals surface area (Å²) in [6.07, 6.45) is 0. The lowest BCUT2D eigenvalue weighted by atomic mass is 10.1. The highest BCUT2D eigenvalue weighted by Gasteiger charge is 2.28. The molecular formula is C18H20N2O4S. The van der Waals surface area contributed by atoms with Gasteiger partial charge in [0.15, 0.2) is 0 Å². The molecule has 2 aromatic carbocycles. The van der Waals surface area contributed by atoms with Gasteiger partial charge >= 0.3 is 5.97 Å². The van der Waals surface area contributed by atoms with Crippen molar-refractivity contribution in [2.75, 3.05) is 31.1 Å². The zero-order valence-corrected chi connectivity index (χ0v) is 14.5. The summed E-state index contributed by atoms with van der Waals surface area (Å²) in [6, 6.07) is 16.1. The Kier molecular flexibility index (Phi) is 5.06. The largest absolute Gasteiger partial charge is 0.478 e. The van der Waals surface area contributed by atoms with E-state index in [0.29, 0.717) is 31.7 Å². The van der Waals surface area contributed by atoms with E-state index in [4.69, 9.17) is 0 Å². The second-order valence-electron chi connectivity index (χ2n) is 5.94. The Balaban J connectivity index is 1.69. The van der Waals surface area contributed by atoms with Crippen LogP contribution in [0.4, 0.5) is 5.69 Å². The minimum atomic E-state index is -3.55. The fourth-order valence-corrected chi connectivity index (χ4v) is 4.55. The second-order valence-corrected chi connectivity index (χ2v) is 7.91. The number of carbonyl (C=O) groups is 1. The van der Waals surface area contributed by atoms with Gasteiger partial charge in [-0.1, -0.05) is 36.4 Å². The van der Waals surface area contributed by atoms with Gasteiger partial charge in [0.2, 0.25) is 10.0 Å². The van der Waals surface area contributed by atoms with Gasteiger partial charge in [0.1, 0.15) is 0 Å². The molecule has 3 rings (SSSR count). The van der Waals surface area contributed by atoms with E-state index in [1.165, 1.54) is 10.4 Å². The number of rotatable bonds is 5. The highest BCUT2D eigenvalue weighted by Crippen LogP contribution is 2.20. The number of sulfonamides is 1. The first-order valence-corrected chi connectivity index (χ1v) is 9.67. The van der Waals surface area contributed by atoms with Crippen LogP contribution in [0.15, 0.2) is 54.6 Å². The van der Waals surface area contributed by atoms with E-state index in [1.807, 2.05) is 30.3 Å². The van der Waals surface area contributed by atoms with Crippen molar-refractivity contribution < 1.29 is 18.3 Å². The molecule has 0 bridgehead atoms. The van der Waals surface area contributed by atoms with Gasteiger partial charge in [-0.05, 0) is 23.8 Å². The molecule has 0 saturated carbocycles. The van der Waals surface area contributed by atoms with Gasteiger partial charge < -0.3 is 10.0 Å². The van der Waals surface area contributed by atoms with E-state index in [0.717, 1.165) is 5.69 Å². The van der Waals surface area contributed by atoms with Crippen LogP contribution in [0.1, 0.15) is 15.9 Å². The Labute approximate surface area is 147 Å². The van der Waals surface area contributed by atoms with Crippen molar-refractivity contribution in [1.29, 1.82) is 0 Å². The Morgan fingerprint density at radius 2 is 1.52 bits per heavy atom. The Morgan fingerprint density at radius 1 is 0.920 bits per heavy atom. The highest BCUT2D eigenvalue weighted by atomic mass is 32.2. The molecular weight excluding hydrogens is 340 g/mol. The molecule has 1 saturated heterocycles. The molecule has 0 atom stereocenters. The molecule has 0 aromatic heterocycles. The number of carboxylic acids is 1. The smallest absolute Gasteiger partial charge is 0.335 e. The average molecular weight is 360 g/mol. The average Bonchev–Trinajstić information content (AvgIpc) is 2.62. The quantitative estimate of drug-likeness (QED) is 0.883. The van der Waals surface area contributed by atoms with Crippen molar-refractivity contribution in [3.63, 3.8) is 0 Å². The number of piperazine rings is 1. The van der Waals surface area contributed by atoms with Crippen LogP contribution in [0.2, 0.25) is 0 Å². The maximum absolute atomic E-state index is 12.7. The Hall–Kier alpha value is -2.38. The number of nitrogens with zero attached hydrogens (tertiary/aromatic N) is 2. The zero-order valence-electron chi connectivity index (χ0n) is 13.7. The first-order chi connectivity index (χ1) is 12.0. The lowest BCUT2D eigenvalue weighted by Crippen LogP contribution is -2.49. The number of carboxylic acid groups (broad SMARTS) is 1. The fraction of sp³-hybridized carbons (Fsp3) is 0.278. The van der Waals surface area contributed by atoms with E-state index in [1.54, 1.807) is 18.2 Å². The summed E-state index contributed by atoms with van der Waals surface area (Å²) in [5.41, 5.74) is 1.44. The molecule has 132 valence electrons. The number of benzene rings is 2. The van der Waals surface area contributed by atoms with Gasteiger partial charge in [-0.15, -0.1) is 0 Å². The van der Waals surface area contributed by atoms with Crippen molar-refractivity contribution >= 4 is 21.7 Å². The normalized spacial score (nSPS) is 15.9. The van der Waals surface area contributed by atoms with Gasteiger partial charge in [-0.2, -0.15) is 4.31 Å². The predicted molar refractivity (Wildman–Crippen MR) is 96.3 cm³/mol. The van der Waals surface area contributed by atoms with Crippen LogP contribution in [-0.4, -0.2) is 50.0 Å². The molecule has 0 radical (unpaired) electrons. The molecule has 0 aliphatic carbocycles. The molecule has 6 nitrogen and oxygen atoms in total. The van der Waals surface area contributed by atoms with E-state index < -0.39 is 16.0 Å². The van der Waals surface area contributed by atoms with Gasteiger partial charge in [-0.25, -0.2) is 13.2 Å². The summed E-state index contributed by atoms with van der Waals surface area (Å²) >= 11 is 0. The lowest BCUT2D eigenvalue weighted by Gasteiger charge is -2.35. The first kappa shape index (κ1) is 17.4. The summed E-state index contributed by atoms with van der Waals surface area (Å²) in [5.74, 6) is -1.40. The minimum absolute atomic E-state index is 0.0361. The monoisotopic (exact) mass is 360 g/mol. The zero-order chi connectivity index (χ0) is 17.9. The maximum atomic E-state index is 12.7. The topological polar surface area (TPSA) is 77.9 Å². The SMILES string of the molecule is O=C(O)c1ccccc1CS(=O)(=O)N1CCN(c2ccccc2)CC1. The third kappa shape index (κ3) is 4.00. The Bertz CT molecular complexity index is 844. The summed E-state index contributed by atoms with van der Waals surface area (Å²) in [4.78, 5) is 13.4. The van der Waals surface area contributed by atoms with Gasteiger partial charge in [-0.3, -0.25) is 0 Å². The Morgan fingerprint density at radius 3 is 2.16 bits per heavy atom. The molecule has 0 amide bonds. The summed E-state index contributed by atoms with van der Waals surface area (Å²) < 4.78 is 26.8. The maximum Gasteiger partial charge on any atom is 0.335 e. The van der Waals surface area contributed by atoms with Crippen molar-refractivity contribution in [3.05, 3.63) is 65.7 Å². The summed E-state index contributed by atoms with van der Waals surface area (Å²) in [5, 5.41) is 9.22. The van der Waals surface area contributed by atoms with E-state index in [9.17, 15) is 18.3 Å². The standard InChI is InChI=1S/C18H20N2O4S/c21-18(22)17-9-5-4-6-15(17)14-25(23,24)20-12-10-19(11-13-20)16-7-2-1-3-8-16/h1-9H,10-14H2,(H,21,22). The third-order valence-corrected chi connectivity index (χ3v) is 6.17. The van der Waals surface area contributed by atoms with Gasteiger partial charge in [0, 0.05) is 31.9 Å². The molecule has 2 aromatic rings. The van der Waals surface area contributed by atoms with E-state index >= 15 is 0 Å².